The molecule has 0 amide bonds. The summed E-state index contributed by atoms with van der Waals surface area (Å²) in [5, 5.41) is 12.7. The highest BCUT2D eigenvalue weighted by Crippen LogP contribution is 2.36. The molecule has 0 spiro atoms. The van der Waals surface area contributed by atoms with Crippen molar-refractivity contribution >= 4 is 29.2 Å². The van der Waals surface area contributed by atoms with Gasteiger partial charge in [-0.1, -0.05) is 23.7 Å². The van der Waals surface area contributed by atoms with E-state index in [9.17, 15) is 23.9 Å². The smallest absolute Gasteiger partial charge is 0.355 e. The van der Waals surface area contributed by atoms with Gasteiger partial charge in [0.15, 0.2) is 0 Å². The predicted octanol–water partition coefficient (Wildman–Crippen LogP) is 4.21. The first-order valence-electron chi connectivity index (χ1n) is 11.6. The lowest BCUT2D eigenvalue weighted by molar-refractivity contribution is -0.146. The van der Waals surface area contributed by atoms with E-state index in [1.807, 2.05) is 0 Å². The lowest BCUT2D eigenvalue weighted by atomic mass is 9.80. The van der Waals surface area contributed by atoms with Crippen LogP contribution < -0.4 is 21.4 Å². The number of aromatic nitrogens is 4. The first-order chi connectivity index (χ1) is 18.3. The maximum Gasteiger partial charge on any atom is 0.355 e. The Bertz CT molecular complexity index is 1580. The number of carboxylic acids is 1. The SMILES string of the molecule is O=C(O)C1CC(n2c(=O)nc(Nc3ccc(Oc4ccc(F)cn4)cc3)n(Cc3ccc(Cl)cc3)c2=O)C1. The van der Waals surface area contributed by atoms with E-state index in [-0.39, 0.29) is 31.2 Å². The van der Waals surface area contributed by atoms with Gasteiger partial charge in [-0.05, 0) is 60.9 Å². The van der Waals surface area contributed by atoms with Gasteiger partial charge < -0.3 is 15.2 Å². The summed E-state index contributed by atoms with van der Waals surface area (Å²) in [5.74, 6) is -1.35. The van der Waals surface area contributed by atoms with Crippen molar-refractivity contribution in [2.24, 2.45) is 5.92 Å². The van der Waals surface area contributed by atoms with Gasteiger partial charge in [-0.25, -0.2) is 23.5 Å². The van der Waals surface area contributed by atoms with Crippen molar-refractivity contribution < 1.29 is 19.0 Å². The number of nitrogens with one attached hydrogen (secondary N) is 1. The Kier molecular flexibility index (Phi) is 6.93. The normalized spacial score (nSPS) is 16.5. The molecule has 2 heterocycles. The van der Waals surface area contributed by atoms with Gasteiger partial charge in [0.2, 0.25) is 11.8 Å². The van der Waals surface area contributed by atoms with Gasteiger partial charge in [0.05, 0.1) is 18.7 Å². The summed E-state index contributed by atoms with van der Waals surface area (Å²) in [5.41, 5.74) is -0.0910. The second-order valence-electron chi connectivity index (χ2n) is 8.81. The summed E-state index contributed by atoms with van der Waals surface area (Å²) in [6.07, 6.45) is 1.42. The fraction of sp³-hybridized carbons (Fsp3) is 0.192. The van der Waals surface area contributed by atoms with Gasteiger partial charge in [-0.2, -0.15) is 4.98 Å². The molecule has 10 nitrogen and oxygen atoms in total. The summed E-state index contributed by atoms with van der Waals surface area (Å²) in [7, 11) is 0. The van der Waals surface area contributed by atoms with Crippen LogP contribution in [0.2, 0.25) is 5.02 Å². The summed E-state index contributed by atoms with van der Waals surface area (Å²) >= 11 is 5.99. The average molecular weight is 538 g/mol. The fourth-order valence-corrected chi connectivity index (χ4v) is 4.24. The molecule has 1 aliphatic rings. The van der Waals surface area contributed by atoms with E-state index in [4.69, 9.17) is 16.3 Å². The zero-order valence-electron chi connectivity index (χ0n) is 19.8. The second-order valence-corrected chi connectivity index (χ2v) is 9.25. The maximum atomic E-state index is 13.5. The zero-order valence-corrected chi connectivity index (χ0v) is 20.5. The monoisotopic (exact) mass is 537 g/mol. The van der Waals surface area contributed by atoms with E-state index in [2.05, 4.69) is 15.3 Å². The van der Waals surface area contributed by atoms with Gasteiger partial charge in [0.25, 0.3) is 0 Å². The number of carbonyl (C=O) groups is 1. The van der Waals surface area contributed by atoms with Crippen molar-refractivity contribution in [3.63, 3.8) is 0 Å². The first kappa shape index (κ1) is 25.2. The molecule has 12 heteroatoms. The number of aliphatic carboxylic acids is 1. The van der Waals surface area contributed by atoms with Crippen molar-refractivity contribution in [1.82, 2.24) is 19.1 Å². The summed E-state index contributed by atoms with van der Waals surface area (Å²) in [4.78, 5) is 45.6. The Morgan fingerprint density at radius 2 is 1.79 bits per heavy atom. The molecule has 0 aliphatic heterocycles. The van der Waals surface area contributed by atoms with Crippen LogP contribution in [-0.2, 0) is 11.3 Å². The number of hydrogen-bond acceptors (Lipinski definition) is 7. The highest BCUT2D eigenvalue weighted by atomic mass is 35.5. The molecular weight excluding hydrogens is 517 g/mol. The molecule has 1 fully saturated rings. The lowest BCUT2D eigenvalue weighted by Gasteiger charge is -2.33. The molecule has 0 bridgehead atoms. The van der Waals surface area contributed by atoms with Crippen LogP contribution in [0.25, 0.3) is 0 Å². The topological polar surface area (TPSA) is 128 Å². The van der Waals surface area contributed by atoms with Crippen LogP contribution in [0.4, 0.5) is 16.0 Å². The number of nitrogens with zero attached hydrogens (tertiary/aromatic N) is 4. The molecule has 5 rings (SSSR count). The molecule has 0 radical (unpaired) electrons. The van der Waals surface area contributed by atoms with Gasteiger partial charge in [-0.3, -0.25) is 9.36 Å². The van der Waals surface area contributed by atoms with Gasteiger partial charge in [-0.15, -0.1) is 0 Å². The number of anilines is 2. The van der Waals surface area contributed by atoms with E-state index in [0.717, 1.165) is 16.3 Å². The summed E-state index contributed by atoms with van der Waals surface area (Å²) < 4.78 is 21.0. The van der Waals surface area contributed by atoms with Gasteiger partial charge in [0.1, 0.15) is 11.6 Å². The molecule has 2 aromatic carbocycles. The van der Waals surface area contributed by atoms with E-state index < -0.39 is 35.1 Å². The minimum absolute atomic E-state index is 0.0224. The van der Waals surface area contributed by atoms with Crippen LogP contribution in [0.1, 0.15) is 24.4 Å². The molecule has 2 N–H and O–H groups in total. The molecule has 0 saturated heterocycles. The number of carboxylic acid groups (broad SMARTS) is 1. The van der Waals surface area contributed by atoms with Crippen molar-refractivity contribution in [2.75, 3.05) is 5.32 Å². The molecule has 1 saturated carbocycles. The highest BCUT2D eigenvalue weighted by Gasteiger charge is 2.38. The Labute approximate surface area is 219 Å². The molecule has 194 valence electrons. The Hall–Kier alpha value is -4.51. The fourth-order valence-electron chi connectivity index (χ4n) is 4.11. The van der Waals surface area contributed by atoms with Gasteiger partial charge in [0, 0.05) is 22.8 Å². The molecule has 2 aromatic heterocycles. The molecule has 4 aromatic rings. The molecule has 0 unspecified atom stereocenters. The van der Waals surface area contributed by atoms with E-state index in [1.165, 1.54) is 16.7 Å². The number of pyridine rings is 1. The number of ether oxygens (including phenoxy) is 1. The van der Waals surface area contributed by atoms with Crippen LogP contribution in [0.15, 0.2) is 76.4 Å². The number of benzene rings is 2. The molecule has 38 heavy (non-hydrogen) atoms. The quantitative estimate of drug-likeness (QED) is 0.342. The predicted molar refractivity (Wildman–Crippen MR) is 137 cm³/mol. The molecular formula is C26H21ClFN5O5. The van der Waals surface area contributed by atoms with Crippen LogP contribution >= 0.6 is 11.6 Å². The van der Waals surface area contributed by atoms with Crippen LogP contribution in [0.3, 0.4) is 0 Å². The third-order valence-corrected chi connectivity index (χ3v) is 6.47. The van der Waals surface area contributed by atoms with Crippen molar-refractivity contribution in [3.05, 3.63) is 104 Å². The van der Waals surface area contributed by atoms with Crippen molar-refractivity contribution in [3.8, 4) is 11.6 Å². The zero-order chi connectivity index (χ0) is 26.8. The number of halogens is 2. The lowest BCUT2D eigenvalue weighted by Crippen LogP contribution is -2.48. The Morgan fingerprint density at radius 1 is 1.08 bits per heavy atom. The standard InChI is InChI=1S/C26H21ClFN5O5/c27-17-3-1-15(2-4-17)14-32-24(31-25(36)33(26(32)37)20-11-16(12-20)23(34)35)30-19-6-8-21(9-7-19)38-22-10-5-18(28)13-29-22/h1-10,13,16,20H,11-12,14H2,(H,34,35)(H,30,31,36). The van der Waals surface area contributed by atoms with Crippen LogP contribution in [-0.4, -0.2) is 30.2 Å². The average Bonchev–Trinajstić information content (AvgIpc) is 2.86. The molecule has 0 atom stereocenters. The van der Waals surface area contributed by atoms with Crippen LogP contribution in [0, 0.1) is 11.7 Å². The maximum absolute atomic E-state index is 13.5. The van der Waals surface area contributed by atoms with E-state index in [0.29, 0.717) is 16.5 Å². The third-order valence-electron chi connectivity index (χ3n) is 6.21. The van der Waals surface area contributed by atoms with E-state index in [1.54, 1.807) is 48.5 Å². The number of hydrogen-bond donors (Lipinski definition) is 2. The molecule has 1 aliphatic carbocycles. The summed E-state index contributed by atoms with van der Waals surface area (Å²) in [6.45, 7) is 0.0954. The first-order valence-corrected chi connectivity index (χ1v) is 12.0. The van der Waals surface area contributed by atoms with Crippen molar-refractivity contribution in [1.29, 1.82) is 0 Å². The van der Waals surface area contributed by atoms with Crippen molar-refractivity contribution in [2.45, 2.75) is 25.4 Å². The van der Waals surface area contributed by atoms with Gasteiger partial charge >= 0.3 is 17.3 Å². The third kappa shape index (κ3) is 5.42. The minimum atomic E-state index is -0.954. The van der Waals surface area contributed by atoms with E-state index >= 15 is 0 Å². The highest BCUT2D eigenvalue weighted by molar-refractivity contribution is 6.30. The van der Waals surface area contributed by atoms with Crippen LogP contribution in [0.5, 0.6) is 11.6 Å². The Morgan fingerprint density at radius 3 is 2.42 bits per heavy atom. The second kappa shape index (κ2) is 10.5. The summed E-state index contributed by atoms with van der Waals surface area (Å²) in [6, 6.07) is 15.6. The number of rotatable bonds is 8. The largest absolute Gasteiger partial charge is 0.481 e. The Balaban J connectivity index is 1.44. The minimum Gasteiger partial charge on any atom is -0.481 e.